The number of methoxy groups -OCH3 is 1. The maximum atomic E-state index is 9.43. The topological polar surface area (TPSA) is 44.7 Å². The lowest BCUT2D eigenvalue weighted by Gasteiger charge is -2.29. The molecular weight excluding hydrogens is 204 g/mol. The first-order chi connectivity index (χ1) is 7.72. The number of ether oxygens (including phenoxy) is 1. The number of rotatable bonds is 7. The van der Waals surface area contributed by atoms with Crippen molar-refractivity contribution < 1.29 is 9.84 Å². The van der Waals surface area contributed by atoms with Gasteiger partial charge < -0.3 is 20.1 Å². The van der Waals surface area contributed by atoms with E-state index in [-0.39, 0.29) is 6.10 Å². The van der Waals surface area contributed by atoms with Gasteiger partial charge in [-0.3, -0.25) is 0 Å². The van der Waals surface area contributed by atoms with Crippen molar-refractivity contribution in [3.05, 3.63) is 0 Å². The van der Waals surface area contributed by atoms with E-state index in [4.69, 9.17) is 4.74 Å². The second kappa shape index (κ2) is 8.01. The third-order valence-corrected chi connectivity index (χ3v) is 3.31. The molecule has 0 saturated carbocycles. The maximum absolute atomic E-state index is 9.43. The monoisotopic (exact) mass is 230 g/mol. The summed E-state index contributed by atoms with van der Waals surface area (Å²) in [6, 6.07) is 0. The van der Waals surface area contributed by atoms with Crippen molar-refractivity contribution in [2.24, 2.45) is 5.92 Å². The van der Waals surface area contributed by atoms with Gasteiger partial charge in [-0.25, -0.2) is 0 Å². The van der Waals surface area contributed by atoms with E-state index in [1.165, 1.54) is 32.4 Å². The maximum Gasteiger partial charge on any atom is 0.0897 e. The first kappa shape index (κ1) is 13.9. The summed E-state index contributed by atoms with van der Waals surface area (Å²) in [6.45, 7) is 4.53. The van der Waals surface area contributed by atoms with E-state index in [9.17, 15) is 5.11 Å². The summed E-state index contributed by atoms with van der Waals surface area (Å²) in [5.74, 6) is 0.864. The molecule has 2 N–H and O–H groups in total. The van der Waals surface area contributed by atoms with Crippen molar-refractivity contribution in [1.29, 1.82) is 0 Å². The highest BCUT2D eigenvalue weighted by atomic mass is 16.5. The van der Waals surface area contributed by atoms with Crippen LogP contribution in [0, 0.1) is 5.92 Å². The number of nitrogens with one attached hydrogen (secondary N) is 1. The van der Waals surface area contributed by atoms with Gasteiger partial charge in [0.15, 0.2) is 0 Å². The number of hydrogen-bond acceptors (Lipinski definition) is 4. The fourth-order valence-electron chi connectivity index (χ4n) is 2.18. The van der Waals surface area contributed by atoms with Crippen LogP contribution in [0.5, 0.6) is 0 Å². The lowest BCUT2D eigenvalue weighted by Crippen LogP contribution is -2.34. The number of likely N-dealkylation sites (tertiary alicyclic amines) is 1. The smallest absolute Gasteiger partial charge is 0.0897 e. The number of aliphatic hydroxyl groups is 1. The second-order valence-corrected chi connectivity index (χ2v) is 4.85. The Morgan fingerprint density at radius 1 is 1.44 bits per heavy atom. The molecule has 16 heavy (non-hydrogen) atoms. The van der Waals surface area contributed by atoms with Crippen LogP contribution in [0.15, 0.2) is 0 Å². The first-order valence-corrected chi connectivity index (χ1v) is 6.28. The molecule has 1 rings (SSSR count). The predicted octanol–water partition coefficient (Wildman–Crippen LogP) is 0.315. The van der Waals surface area contributed by atoms with E-state index in [2.05, 4.69) is 17.3 Å². The molecule has 1 unspecified atom stereocenters. The summed E-state index contributed by atoms with van der Waals surface area (Å²) in [5.41, 5.74) is 0. The zero-order valence-corrected chi connectivity index (χ0v) is 10.6. The molecule has 0 bridgehead atoms. The van der Waals surface area contributed by atoms with Crippen molar-refractivity contribution >= 4 is 0 Å². The molecule has 4 heteroatoms. The van der Waals surface area contributed by atoms with Crippen LogP contribution in [0.25, 0.3) is 0 Å². The molecular formula is C12H26N2O2. The molecule has 0 aromatic rings. The largest absolute Gasteiger partial charge is 0.389 e. The van der Waals surface area contributed by atoms with Crippen molar-refractivity contribution in [3.8, 4) is 0 Å². The summed E-state index contributed by atoms with van der Waals surface area (Å²) in [5, 5.41) is 12.7. The first-order valence-electron chi connectivity index (χ1n) is 6.28. The van der Waals surface area contributed by atoms with Crippen LogP contribution >= 0.6 is 0 Å². The van der Waals surface area contributed by atoms with Gasteiger partial charge in [-0.1, -0.05) is 0 Å². The Morgan fingerprint density at radius 2 is 2.12 bits per heavy atom. The average Bonchev–Trinajstić information content (AvgIpc) is 2.27. The van der Waals surface area contributed by atoms with Crippen LogP contribution in [0.2, 0.25) is 0 Å². The Bertz CT molecular complexity index is 170. The van der Waals surface area contributed by atoms with Gasteiger partial charge in [0, 0.05) is 13.7 Å². The lowest BCUT2D eigenvalue weighted by molar-refractivity contribution is 0.0643. The molecule has 0 spiro atoms. The zero-order valence-electron chi connectivity index (χ0n) is 10.6. The van der Waals surface area contributed by atoms with Gasteiger partial charge >= 0.3 is 0 Å². The molecule has 0 aliphatic carbocycles. The standard InChI is InChI=1S/C12H26N2O2/c1-14-7-4-11(5-8-14)3-6-13-9-12(15)10-16-2/h11-13,15H,3-10H2,1-2H3. The molecule has 0 radical (unpaired) electrons. The second-order valence-electron chi connectivity index (χ2n) is 4.85. The van der Waals surface area contributed by atoms with Crippen LogP contribution in [0.4, 0.5) is 0 Å². The summed E-state index contributed by atoms with van der Waals surface area (Å²) in [6.07, 6.45) is 3.49. The summed E-state index contributed by atoms with van der Waals surface area (Å²) in [7, 11) is 3.80. The van der Waals surface area contributed by atoms with E-state index in [0.717, 1.165) is 12.5 Å². The van der Waals surface area contributed by atoms with Crippen molar-refractivity contribution in [3.63, 3.8) is 0 Å². The Kier molecular flexibility index (Phi) is 6.96. The highest BCUT2D eigenvalue weighted by Crippen LogP contribution is 2.18. The van der Waals surface area contributed by atoms with Crippen LogP contribution in [-0.4, -0.2) is 63.1 Å². The lowest BCUT2D eigenvalue weighted by atomic mass is 9.94. The van der Waals surface area contributed by atoms with Crippen LogP contribution in [0.3, 0.4) is 0 Å². The van der Waals surface area contributed by atoms with Gasteiger partial charge in [0.05, 0.1) is 12.7 Å². The molecule has 1 aliphatic heterocycles. The molecule has 1 fully saturated rings. The molecule has 1 aliphatic rings. The fraction of sp³-hybridized carbons (Fsp3) is 1.00. The predicted molar refractivity (Wildman–Crippen MR) is 65.6 cm³/mol. The minimum atomic E-state index is -0.373. The van der Waals surface area contributed by atoms with Gasteiger partial charge in [-0.05, 0) is 51.9 Å². The summed E-state index contributed by atoms with van der Waals surface area (Å²) >= 11 is 0. The van der Waals surface area contributed by atoms with Gasteiger partial charge in [-0.15, -0.1) is 0 Å². The Labute approximate surface area is 99.0 Å². The van der Waals surface area contributed by atoms with Crippen LogP contribution in [-0.2, 0) is 4.74 Å². The molecule has 0 amide bonds. The quantitative estimate of drug-likeness (QED) is 0.618. The van der Waals surface area contributed by atoms with E-state index in [1.54, 1.807) is 7.11 Å². The van der Waals surface area contributed by atoms with Crippen molar-refractivity contribution in [2.45, 2.75) is 25.4 Å². The van der Waals surface area contributed by atoms with Crippen molar-refractivity contribution in [2.75, 3.05) is 46.9 Å². The molecule has 4 nitrogen and oxygen atoms in total. The highest BCUT2D eigenvalue weighted by Gasteiger charge is 2.15. The van der Waals surface area contributed by atoms with E-state index >= 15 is 0 Å². The average molecular weight is 230 g/mol. The highest BCUT2D eigenvalue weighted by molar-refractivity contribution is 4.71. The van der Waals surface area contributed by atoms with E-state index in [0.29, 0.717) is 13.2 Å². The third-order valence-electron chi connectivity index (χ3n) is 3.31. The molecule has 0 aromatic heterocycles. The minimum absolute atomic E-state index is 0.373. The number of nitrogens with zero attached hydrogens (tertiary/aromatic N) is 1. The van der Waals surface area contributed by atoms with Gasteiger partial charge in [-0.2, -0.15) is 0 Å². The summed E-state index contributed by atoms with van der Waals surface area (Å²) < 4.78 is 4.87. The van der Waals surface area contributed by atoms with Gasteiger partial charge in [0.25, 0.3) is 0 Å². The number of hydrogen-bond donors (Lipinski definition) is 2. The SMILES string of the molecule is COCC(O)CNCCC1CCN(C)CC1. The number of piperidine rings is 1. The molecule has 0 aromatic carbocycles. The normalized spacial score (nSPS) is 21.2. The molecule has 1 heterocycles. The van der Waals surface area contributed by atoms with Gasteiger partial charge in [0.2, 0.25) is 0 Å². The van der Waals surface area contributed by atoms with Crippen molar-refractivity contribution in [1.82, 2.24) is 10.2 Å². The van der Waals surface area contributed by atoms with E-state index in [1.807, 2.05) is 0 Å². The van der Waals surface area contributed by atoms with Gasteiger partial charge in [0.1, 0.15) is 0 Å². The third kappa shape index (κ3) is 5.80. The molecule has 1 saturated heterocycles. The summed E-state index contributed by atoms with van der Waals surface area (Å²) in [4.78, 5) is 2.40. The Morgan fingerprint density at radius 3 is 2.75 bits per heavy atom. The molecule has 1 atom stereocenters. The van der Waals surface area contributed by atoms with Crippen LogP contribution < -0.4 is 5.32 Å². The zero-order chi connectivity index (χ0) is 11.8. The fourth-order valence-corrected chi connectivity index (χ4v) is 2.18. The Balaban J connectivity index is 1.95. The van der Waals surface area contributed by atoms with Crippen LogP contribution in [0.1, 0.15) is 19.3 Å². The van der Waals surface area contributed by atoms with E-state index < -0.39 is 0 Å². The minimum Gasteiger partial charge on any atom is -0.389 e. The molecule has 96 valence electrons. The number of aliphatic hydroxyl groups excluding tert-OH is 1. The Hall–Kier alpha value is -0.160.